The number of rotatable bonds is 2. The maximum atomic E-state index is 9.74. The molecule has 2 aromatic rings. The summed E-state index contributed by atoms with van der Waals surface area (Å²) < 4.78 is 1.31. The first kappa shape index (κ1) is 10.9. The van der Waals surface area contributed by atoms with Crippen molar-refractivity contribution in [3.05, 3.63) is 24.0 Å². The largest absolute Gasteiger partial charge is 0.493 e. The number of hydrogen-bond donors (Lipinski definition) is 3. The van der Waals surface area contributed by atoms with Crippen molar-refractivity contribution in [3.8, 4) is 5.88 Å². The molecule has 0 aliphatic heterocycles. The maximum absolute atomic E-state index is 9.74. The molecular weight excluding hydrogens is 220 g/mol. The number of hydrazone groups is 1. The molecule has 0 aliphatic rings. The van der Waals surface area contributed by atoms with Crippen molar-refractivity contribution in [2.75, 3.05) is 5.73 Å². The lowest BCUT2D eigenvalue weighted by atomic mass is 10.1. The zero-order chi connectivity index (χ0) is 12.4. The van der Waals surface area contributed by atoms with Gasteiger partial charge in [0.1, 0.15) is 11.8 Å². The molecule has 0 amide bonds. The van der Waals surface area contributed by atoms with Crippen molar-refractivity contribution in [1.29, 1.82) is 0 Å². The van der Waals surface area contributed by atoms with Gasteiger partial charge in [-0.25, -0.2) is 4.98 Å². The highest BCUT2D eigenvalue weighted by atomic mass is 16.3. The standard InChI is InChI=1S/C10H12N6O/c1-2-6(4-14-12)7-3-8(17)16-9(7)10(11)13-5-15-16/h2-5,17H,12H2,1H3,(H2,11,13,15)/b6-2+,14-4-. The Hall–Kier alpha value is -2.57. The number of nitrogens with zero attached hydrogens (tertiary/aromatic N) is 4. The first-order valence-electron chi connectivity index (χ1n) is 4.90. The molecule has 0 fully saturated rings. The highest BCUT2D eigenvalue weighted by Crippen LogP contribution is 2.28. The predicted molar refractivity (Wildman–Crippen MR) is 65.4 cm³/mol. The van der Waals surface area contributed by atoms with Crippen molar-refractivity contribution in [1.82, 2.24) is 14.6 Å². The minimum Gasteiger partial charge on any atom is -0.493 e. The van der Waals surface area contributed by atoms with Crippen LogP contribution < -0.4 is 11.6 Å². The lowest BCUT2D eigenvalue weighted by molar-refractivity contribution is 0.438. The molecule has 0 spiro atoms. The Kier molecular flexibility index (Phi) is 2.65. The van der Waals surface area contributed by atoms with Crippen LogP contribution in [-0.4, -0.2) is 25.9 Å². The van der Waals surface area contributed by atoms with Crippen molar-refractivity contribution in [2.45, 2.75) is 6.92 Å². The third kappa shape index (κ3) is 1.67. The smallest absolute Gasteiger partial charge is 0.213 e. The van der Waals surface area contributed by atoms with E-state index < -0.39 is 0 Å². The average Bonchev–Trinajstić information content (AvgIpc) is 2.65. The van der Waals surface area contributed by atoms with E-state index in [9.17, 15) is 5.11 Å². The number of nitrogen functional groups attached to an aromatic ring is 1. The van der Waals surface area contributed by atoms with Crippen LogP contribution in [0.2, 0.25) is 0 Å². The summed E-state index contributed by atoms with van der Waals surface area (Å²) in [5, 5.41) is 17.1. The molecule has 5 N–H and O–H groups in total. The molecule has 0 aromatic carbocycles. The molecule has 0 saturated heterocycles. The van der Waals surface area contributed by atoms with Gasteiger partial charge >= 0.3 is 0 Å². The van der Waals surface area contributed by atoms with E-state index in [1.165, 1.54) is 23.1 Å². The third-order valence-corrected chi connectivity index (χ3v) is 2.40. The molecule has 0 atom stereocenters. The highest BCUT2D eigenvalue weighted by Gasteiger charge is 2.14. The van der Waals surface area contributed by atoms with Crippen LogP contribution >= 0.6 is 0 Å². The predicted octanol–water partition coefficient (Wildman–Crippen LogP) is 0.365. The van der Waals surface area contributed by atoms with Crippen LogP contribution in [0.1, 0.15) is 12.5 Å². The molecular formula is C10H12N6O. The summed E-state index contributed by atoms with van der Waals surface area (Å²) >= 11 is 0. The van der Waals surface area contributed by atoms with Crippen molar-refractivity contribution >= 4 is 23.1 Å². The monoisotopic (exact) mass is 232 g/mol. The molecule has 88 valence electrons. The third-order valence-electron chi connectivity index (χ3n) is 2.40. The highest BCUT2D eigenvalue weighted by molar-refractivity contribution is 6.13. The average molecular weight is 232 g/mol. The Balaban J connectivity index is 2.78. The van der Waals surface area contributed by atoms with Gasteiger partial charge in [-0.3, -0.25) is 0 Å². The molecule has 7 nitrogen and oxygen atoms in total. The summed E-state index contributed by atoms with van der Waals surface area (Å²) in [6.07, 6.45) is 4.55. The fraction of sp³-hybridized carbons (Fsp3) is 0.100. The van der Waals surface area contributed by atoms with Crippen molar-refractivity contribution < 1.29 is 5.11 Å². The quantitative estimate of drug-likeness (QED) is 0.393. The van der Waals surface area contributed by atoms with Crippen molar-refractivity contribution in [2.24, 2.45) is 10.9 Å². The zero-order valence-corrected chi connectivity index (χ0v) is 9.20. The summed E-state index contributed by atoms with van der Waals surface area (Å²) in [6, 6.07) is 1.54. The second-order valence-electron chi connectivity index (χ2n) is 3.34. The van der Waals surface area contributed by atoms with Gasteiger partial charge in [-0.15, -0.1) is 0 Å². The molecule has 0 bridgehead atoms. The number of anilines is 1. The number of nitrogens with two attached hydrogens (primary N) is 2. The van der Waals surface area contributed by atoms with Crippen LogP contribution in [0.5, 0.6) is 5.88 Å². The van der Waals surface area contributed by atoms with Crippen LogP contribution in [0.15, 0.2) is 23.6 Å². The number of aromatic nitrogens is 3. The zero-order valence-electron chi connectivity index (χ0n) is 9.20. The fourth-order valence-corrected chi connectivity index (χ4v) is 1.65. The minimum absolute atomic E-state index is 0.0196. The van der Waals surface area contributed by atoms with Crippen LogP contribution in [0.3, 0.4) is 0 Å². The number of fused-ring (bicyclic) bond motifs is 1. The Morgan fingerprint density at radius 2 is 2.35 bits per heavy atom. The SMILES string of the molecule is C/C=C(\C=N/N)c1cc(O)n2ncnc(N)c12. The van der Waals surface area contributed by atoms with E-state index in [4.69, 9.17) is 11.6 Å². The maximum Gasteiger partial charge on any atom is 0.213 e. The van der Waals surface area contributed by atoms with Crippen LogP contribution in [0.25, 0.3) is 11.1 Å². The molecule has 2 aromatic heterocycles. The van der Waals surface area contributed by atoms with Gasteiger partial charge in [0.05, 0.1) is 6.21 Å². The van der Waals surface area contributed by atoms with Gasteiger partial charge in [0.25, 0.3) is 0 Å². The topological polar surface area (TPSA) is 115 Å². The molecule has 0 radical (unpaired) electrons. The molecule has 2 heterocycles. The Morgan fingerprint density at radius 1 is 1.59 bits per heavy atom. The van der Waals surface area contributed by atoms with E-state index in [0.29, 0.717) is 11.1 Å². The van der Waals surface area contributed by atoms with E-state index in [1.54, 1.807) is 6.08 Å². The molecule has 0 saturated carbocycles. The molecule has 7 heteroatoms. The molecule has 0 unspecified atom stereocenters. The fourth-order valence-electron chi connectivity index (χ4n) is 1.65. The van der Waals surface area contributed by atoms with E-state index in [2.05, 4.69) is 15.2 Å². The van der Waals surface area contributed by atoms with Gasteiger partial charge in [0.2, 0.25) is 5.88 Å². The lowest BCUT2D eigenvalue weighted by Gasteiger charge is -2.01. The first-order chi connectivity index (χ1) is 8.19. The summed E-state index contributed by atoms with van der Waals surface area (Å²) in [7, 11) is 0. The second kappa shape index (κ2) is 4.12. The van der Waals surface area contributed by atoms with Gasteiger partial charge in [-0.05, 0) is 12.5 Å². The number of hydrogen-bond acceptors (Lipinski definition) is 6. The van der Waals surface area contributed by atoms with E-state index in [0.717, 1.165) is 5.57 Å². The van der Waals surface area contributed by atoms with Gasteiger partial charge in [-0.2, -0.15) is 14.7 Å². The summed E-state index contributed by atoms with van der Waals surface area (Å²) in [4.78, 5) is 3.89. The van der Waals surface area contributed by atoms with Gasteiger partial charge in [-0.1, -0.05) is 6.08 Å². The van der Waals surface area contributed by atoms with Crippen LogP contribution in [0, 0.1) is 0 Å². The Morgan fingerprint density at radius 3 is 3.00 bits per heavy atom. The second-order valence-corrected chi connectivity index (χ2v) is 3.34. The van der Waals surface area contributed by atoms with Gasteiger partial charge in [0, 0.05) is 11.6 Å². The van der Waals surface area contributed by atoms with E-state index >= 15 is 0 Å². The van der Waals surface area contributed by atoms with Crippen LogP contribution in [-0.2, 0) is 0 Å². The van der Waals surface area contributed by atoms with Crippen LogP contribution in [0.4, 0.5) is 5.82 Å². The molecule has 0 aliphatic carbocycles. The molecule has 2 rings (SSSR count). The van der Waals surface area contributed by atoms with E-state index in [-0.39, 0.29) is 11.7 Å². The van der Waals surface area contributed by atoms with E-state index in [1.807, 2.05) is 6.92 Å². The molecule has 17 heavy (non-hydrogen) atoms. The van der Waals surface area contributed by atoms with Gasteiger partial charge in [0.15, 0.2) is 5.82 Å². The Labute approximate surface area is 97.1 Å². The summed E-state index contributed by atoms with van der Waals surface area (Å²) in [5.74, 6) is 5.39. The first-order valence-corrected chi connectivity index (χ1v) is 4.90. The van der Waals surface area contributed by atoms with Crippen molar-refractivity contribution in [3.63, 3.8) is 0 Å². The minimum atomic E-state index is -0.0196. The summed E-state index contributed by atoms with van der Waals surface area (Å²) in [5.41, 5.74) is 7.71. The van der Waals surface area contributed by atoms with Gasteiger partial charge < -0.3 is 16.7 Å². The summed E-state index contributed by atoms with van der Waals surface area (Å²) in [6.45, 7) is 1.83. The number of allylic oxidation sites excluding steroid dienone is 2. The Bertz CT molecular complexity index is 613. The lowest BCUT2D eigenvalue weighted by Crippen LogP contribution is -2.00. The normalized spacial score (nSPS) is 12.6. The number of aromatic hydroxyl groups is 1.